The second-order valence-electron chi connectivity index (χ2n) is 6.33. The summed E-state index contributed by atoms with van der Waals surface area (Å²) in [6.45, 7) is 1.50. The third kappa shape index (κ3) is 3.61. The van der Waals surface area contributed by atoms with E-state index in [2.05, 4.69) is 19.7 Å². The van der Waals surface area contributed by atoms with Crippen molar-refractivity contribution in [2.24, 2.45) is 0 Å². The largest absolute Gasteiger partial charge is 0.480 e. The van der Waals surface area contributed by atoms with E-state index in [-0.39, 0.29) is 10.8 Å². The Morgan fingerprint density at radius 2 is 2.00 bits per heavy atom. The quantitative estimate of drug-likeness (QED) is 0.414. The zero-order valence-electron chi connectivity index (χ0n) is 16.2. The van der Waals surface area contributed by atoms with Crippen LogP contribution in [-0.4, -0.2) is 41.7 Å². The molecule has 0 aliphatic heterocycles. The number of halogens is 2. The van der Waals surface area contributed by atoms with Crippen molar-refractivity contribution in [2.75, 3.05) is 20.8 Å². The van der Waals surface area contributed by atoms with E-state index in [1.165, 1.54) is 37.8 Å². The molecule has 10 heteroatoms. The van der Waals surface area contributed by atoms with Crippen molar-refractivity contribution in [3.8, 4) is 22.2 Å². The maximum atomic E-state index is 14.6. The lowest BCUT2D eigenvalue weighted by Crippen LogP contribution is -2.13. The van der Waals surface area contributed by atoms with Gasteiger partial charge in [0.05, 0.1) is 36.1 Å². The maximum Gasteiger partial charge on any atom is 0.343 e. The molecule has 4 rings (SSSR count). The molecule has 0 N–H and O–H groups in total. The number of ether oxygens (including phenoxy) is 3. The van der Waals surface area contributed by atoms with Gasteiger partial charge in [-0.2, -0.15) is 0 Å². The van der Waals surface area contributed by atoms with Gasteiger partial charge in [0.25, 0.3) is 0 Å². The molecule has 2 heterocycles. The van der Waals surface area contributed by atoms with Gasteiger partial charge >= 0.3 is 5.97 Å². The highest BCUT2D eigenvalue weighted by Gasteiger charge is 2.20. The van der Waals surface area contributed by atoms with Gasteiger partial charge in [0.2, 0.25) is 5.88 Å². The van der Waals surface area contributed by atoms with Crippen molar-refractivity contribution in [1.29, 1.82) is 0 Å². The van der Waals surface area contributed by atoms with Gasteiger partial charge < -0.3 is 14.2 Å². The Kier molecular flexibility index (Phi) is 5.40. The lowest BCUT2D eigenvalue weighted by molar-refractivity contribution is -0.142. The molecule has 154 valence electrons. The molecule has 0 spiro atoms. The summed E-state index contributed by atoms with van der Waals surface area (Å²) in [7, 11) is 2.74. The van der Waals surface area contributed by atoms with Gasteiger partial charge in [0, 0.05) is 11.6 Å². The van der Waals surface area contributed by atoms with Crippen molar-refractivity contribution >= 4 is 50.2 Å². The maximum absolute atomic E-state index is 14.6. The Morgan fingerprint density at radius 1 is 1.20 bits per heavy atom. The third-order valence-electron chi connectivity index (χ3n) is 4.31. The number of fused-ring (bicyclic) bond motifs is 2. The van der Waals surface area contributed by atoms with Crippen molar-refractivity contribution < 1.29 is 23.4 Å². The predicted octanol–water partition coefficient (Wildman–Crippen LogP) is 4.57. The topological polar surface area (TPSA) is 83.4 Å². The van der Waals surface area contributed by atoms with Crippen LogP contribution in [0.5, 0.6) is 11.6 Å². The second-order valence-corrected chi connectivity index (χ2v) is 7.73. The van der Waals surface area contributed by atoms with Crippen molar-refractivity contribution in [2.45, 2.75) is 6.92 Å². The Balaban J connectivity index is 1.84. The number of rotatable bonds is 5. The summed E-state index contributed by atoms with van der Waals surface area (Å²) in [6.07, 6.45) is 1.53. The highest BCUT2D eigenvalue weighted by atomic mass is 35.5. The molecule has 0 saturated heterocycles. The molecule has 2 aromatic carbocycles. The van der Waals surface area contributed by atoms with E-state index < -0.39 is 18.4 Å². The fourth-order valence-corrected chi connectivity index (χ4v) is 4.22. The first-order valence-electron chi connectivity index (χ1n) is 8.71. The fraction of sp³-hybridized carbons (Fsp3) is 0.200. The van der Waals surface area contributed by atoms with Crippen LogP contribution in [0.4, 0.5) is 4.39 Å². The molecule has 0 aliphatic rings. The molecule has 7 nitrogen and oxygen atoms in total. The Bertz CT molecular complexity index is 1290. The molecule has 0 aliphatic carbocycles. The first kappa shape index (κ1) is 20.2. The number of aromatic nitrogens is 3. The first-order valence-corrected chi connectivity index (χ1v) is 9.90. The lowest BCUT2D eigenvalue weighted by atomic mass is 10.1. The lowest BCUT2D eigenvalue weighted by Gasteiger charge is -2.07. The molecular formula is C20H15ClFN3O4S. The van der Waals surface area contributed by atoms with Gasteiger partial charge in [0.1, 0.15) is 15.5 Å². The smallest absolute Gasteiger partial charge is 0.343 e. The van der Waals surface area contributed by atoms with Crippen molar-refractivity contribution in [3.63, 3.8) is 0 Å². The normalized spacial score (nSPS) is 11.1. The van der Waals surface area contributed by atoms with Gasteiger partial charge in [-0.3, -0.25) is 0 Å². The van der Waals surface area contributed by atoms with Crippen molar-refractivity contribution in [1.82, 2.24) is 15.0 Å². The third-order valence-corrected chi connectivity index (χ3v) is 5.69. The highest BCUT2D eigenvalue weighted by molar-refractivity contribution is 7.21. The number of esters is 1. The summed E-state index contributed by atoms with van der Waals surface area (Å²) >= 11 is 7.50. The summed E-state index contributed by atoms with van der Waals surface area (Å²) in [5, 5.41) is 0.421. The molecule has 0 fully saturated rings. The van der Waals surface area contributed by atoms with Gasteiger partial charge in [-0.1, -0.05) is 11.6 Å². The van der Waals surface area contributed by atoms with Crippen LogP contribution in [0, 0.1) is 12.7 Å². The van der Waals surface area contributed by atoms with Crippen molar-refractivity contribution in [3.05, 3.63) is 40.8 Å². The molecule has 4 aromatic rings. The predicted molar refractivity (Wildman–Crippen MR) is 112 cm³/mol. The van der Waals surface area contributed by atoms with E-state index >= 15 is 0 Å². The molecule has 0 amide bonds. The van der Waals surface area contributed by atoms with E-state index in [1.807, 2.05) is 19.1 Å². The monoisotopic (exact) mass is 447 g/mol. The molecule has 0 atom stereocenters. The molecule has 0 saturated carbocycles. The standard InChI is InChI=1S/C20H15ClFN3O4S/c1-9-4-10(18-11(5-9)24-14(27-2)7-23-18)20-25-19-13(30-20)6-12(17(22)16(19)21)29-8-15(26)28-3/h4-7H,8H2,1-3H3. The Morgan fingerprint density at radius 3 is 2.73 bits per heavy atom. The fourth-order valence-electron chi connectivity index (χ4n) is 2.91. The summed E-state index contributed by atoms with van der Waals surface area (Å²) in [4.78, 5) is 24.7. The van der Waals surface area contributed by atoms with E-state index in [0.717, 1.165) is 11.1 Å². The van der Waals surface area contributed by atoms with Crippen LogP contribution < -0.4 is 9.47 Å². The summed E-state index contributed by atoms with van der Waals surface area (Å²) in [6, 6.07) is 5.29. The molecule has 0 unspecified atom stereocenters. The SMILES string of the molecule is COC(=O)COc1cc2sc(-c3cc(C)cc4nc(OC)cnc34)nc2c(Cl)c1F. The zero-order valence-corrected chi connectivity index (χ0v) is 17.7. The first-order chi connectivity index (χ1) is 14.4. The summed E-state index contributed by atoms with van der Waals surface area (Å²) < 4.78 is 30.1. The number of nitrogens with zero attached hydrogens (tertiary/aromatic N) is 3. The van der Waals surface area contributed by atoms with Gasteiger partial charge in [0.15, 0.2) is 18.2 Å². The number of aryl methyl sites for hydroxylation is 1. The summed E-state index contributed by atoms with van der Waals surface area (Å²) in [5.41, 5.74) is 3.30. The number of carbonyl (C=O) groups excluding carboxylic acids is 1. The zero-order chi connectivity index (χ0) is 21.4. The van der Waals surface area contributed by atoms with Crippen LogP contribution in [-0.2, 0) is 9.53 Å². The number of hydrogen-bond donors (Lipinski definition) is 0. The molecule has 0 bridgehead atoms. The van der Waals surface area contributed by atoms with E-state index in [4.69, 9.17) is 21.1 Å². The van der Waals surface area contributed by atoms with Crippen LogP contribution in [0.15, 0.2) is 24.4 Å². The van der Waals surface area contributed by atoms with E-state index in [1.54, 1.807) is 0 Å². The molecule has 30 heavy (non-hydrogen) atoms. The molecule has 2 aromatic heterocycles. The van der Waals surface area contributed by atoms with Gasteiger partial charge in [-0.25, -0.2) is 24.1 Å². The summed E-state index contributed by atoms with van der Waals surface area (Å²) in [5.74, 6) is -1.16. The van der Waals surface area contributed by atoms with Gasteiger partial charge in [-0.15, -0.1) is 11.3 Å². The number of thiazole rings is 1. The minimum absolute atomic E-state index is 0.147. The molecular weight excluding hydrogens is 433 g/mol. The second kappa shape index (κ2) is 8.00. The molecule has 0 radical (unpaired) electrons. The number of carbonyl (C=O) groups is 1. The van der Waals surface area contributed by atoms with Crippen LogP contribution >= 0.6 is 22.9 Å². The van der Waals surface area contributed by atoms with E-state index in [9.17, 15) is 9.18 Å². The number of benzene rings is 2. The Labute approximate surface area is 179 Å². The Hall–Kier alpha value is -3.04. The highest BCUT2D eigenvalue weighted by Crippen LogP contribution is 2.40. The minimum atomic E-state index is -0.788. The van der Waals surface area contributed by atoms with Gasteiger partial charge in [-0.05, 0) is 24.6 Å². The van der Waals surface area contributed by atoms with Crippen LogP contribution in [0.3, 0.4) is 0 Å². The van der Waals surface area contributed by atoms with E-state index in [0.29, 0.717) is 32.1 Å². The van der Waals surface area contributed by atoms with Crippen LogP contribution in [0.25, 0.3) is 31.8 Å². The van der Waals surface area contributed by atoms with Crippen LogP contribution in [0.2, 0.25) is 5.02 Å². The number of methoxy groups -OCH3 is 2. The number of hydrogen-bond acceptors (Lipinski definition) is 8. The average Bonchev–Trinajstić information content (AvgIpc) is 3.18. The minimum Gasteiger partial charge on any atom is -0.480 e. The average molecular weight is 448 g/mol. The van der Waals surface area contributed by atoms with Crippen LogP contribution in [0.1, 0.15) is 5.56 Å².